The zero-order valence-electron chi connectivity index (χ0n) is 11.7. The maximum atomic E-state index is 4.85. The summed E-state index contributed by atoms with van der Waals surface area (Å²) in [6, 6.07) is 4.05. The van der Waals surface area contributed by atoms with E-state index in [1.54, 1.807) is 0 Å². The molecule has 5 heteroatoms. The number of nitrogens with zero attached hydrogens (tertiary/aromatic N) is 3. The van der Waals surface area contributed by atoms with Crippen molar-refractivity contribution in [2.45, 2.75) is 31.8 Å². The van der Waals surface area contributed by atoms with Gasteiger partial charge in [-0.3, -0.25) is 9.88 Å². The molecule has 2 saturated heterocycles. The van der Waals surface area contributed by atoms with Crippen LogP contribution in [0.25, 0.3) is 11.2 Å². The van der Waals surface area contributed by atoms with E-state index in [9.17, 15) is 0 Å². The molecule has 0 radical (unpaired) electrons. The summed E-state index contributed by atoms with van der Waals surface area (Å²) >= 11 is 0. The lowest BCUT2D eigenvalue weighted by atomic mass is 10.0. The molecule has 5 nitrogen and oxygen atoms in total. The lowest BCUT2D eigenvalue weighted by Gasteiger charge is -2.17. The van der Waals surface area contributed by atoms with Crippen molar-refractivity contribution in [3.63, 3.8) is 0 Å². The van der Waals surface area contributed by atoms with Gasteiger partial charge >= 0.3 is 0 Å². The Kier molecular flexibility index (Phi) is 3.16. The lowest BCUT2D eigenvalue weighted by molar-refractivity contribution is 0.443. The number of rotatable bonds is 3. The molecule has 2 N–H and O–H groups in total. The first-order valence-electron chi connectivity index (χ1n) is 7.68. The zero-order chi connectivity index (χ0) is 13.4. The van der Waals surface area contributed by atoms with Crippen LogP contribution in [-0.4, -0.2) is 34.2 Å². The molecule has 0 amide bonds. The van der Waals surface area contributed by atoms with Crippen LogP contribution in [0.4, 0.5) is 0 Å². The molecule has 2 aliphatic rings. The van der Waals surface area contributed by atoms with E-state index < -0.39 is 0 Å². The topological polar surface area (TPSA) is 54.8 Å². The highest BCUT2D eigenvalue weighted by Gasteiger charge is 2.25. The summed E-state index contributed by atoms with van der Waals surface area (Å²) in [7, 11) is 0. The summed E-state index contributed by atoms with van der Waals surface area (Å²) in [6.45, 7) is 3.36. The van der Waals surface area contributed by atoms with Gasteiger partial charge in [0, 0.05) is 12.6 Å². The number of nitrogens with one attached hydrogen (secondary N) is 2. The van der Waals surface area contributed by atoms with Crippen LogP contribution in [-0.2, 0) is 6.42 Å². The monoisotopic (exact) mass is 271 g/mol. The van der Waals surface area contributed by atoms with E-state index in [4.69, 9.17) is 4.98 Å². The minimum atomic E-state index is 0.374. The van der Waals surface area contributed by atoms with Crippen molar-refractivity contribution in [1.29, 1.82) is 0 Å². The molecule has 2 unspecified atom stereocenters. The first kappa shape index (κ1) is 12.3. The Balaban J connectivity index is 1.74. The number of fused-ring (bicyclic) bond motifs is 1. The SMILES string of the molecule is c1cnc2c(c1)nc(CC1CCNC1)n2C1CCCN1. The van der Waals surface area contributed by atoms with Crippen LogP contribution in [0, 0.1) is 5.92 Å². The molecule has 2 aromatic heterocycles. The van der Waals surface area contributed by atoms with Crippen LogP contribution in [0.15, 0.2) is 18.3 Å². The summed E-state index contributed by atoms with van der Waals surface area (Å²) in [6.07, 6.45) is 6.98. The van der Waals surface area contributed by atoms with E-state index in [0.717, 1.165) is 37.2 Å². The number of imidazole rings is 1. The first-order valence-corrected chi connectivity index (χ1v) is 7.68. The Morgan fingerprint density at radius 3 is 3.10 bits per heavy atom. The molecule has 2 atom stereocenters. The van der Waals surface area contributed by atoms with Crippen LogP contribution >= 0.6 is 0 Å². The van der Waals surface area contributed by atoms with Gasteiger partial charge in [-0.2, -0.15) is 0 Å². The molecule has 106 valence electrons. The third-order valence-corrected chi connectivity index (χ3v) is 4.50. The maximum absolute atomic E-state index is 4.85. The smallest absolute Gasteiger partial charge is 0.161 e. The zero-order valence-corrected chi connectivity index (χ0v) is 11.7. The molecule has 4 rings (SSSR count). The average Bonchev–Trinajstić information content (AvgIpc) is 3.18. The van der Waals surface area contributed by atoms with Gasteiger partial charge in [0.25, 0.3) is 0 Å². The van der Waals surface area contributed by atoms with Gasteiger partial charge in [-0.25, -0.2) is 9.97 Å². The molecule has 0 aromatic carbocycles. The van der Waals surface area contributed by atoms with Crippen LogP contribution in [0.5, 0.6) is 0 Å². The Morgan fingerprint density at radius 2 is 2.30 bits per heavy atom. The second kappa shape index (κ2) is 5.14. The van der Waals surface area contributed by atoms with Crippen molar-refractivity contribution in [2.24, 2.45) is 5.92 Å². The molecule has 2 aliphatic heterocycles. The third kappa shape index (κ3) is 2.11. The van der Waals surface area contributed by atoms with E-state index in [0.29, 0.717) is 12.1 Å². The Bertz CT molecular complexity index is 593. The molecule has 0 saturated carbocycles. The van der Waals surface area contributed by atoms with Gasteiger partial charge in [-0.15, -0.1) is 0 Å². The Morgan fingerprint density at radius 1 is 1.30 bits per heavy atom. The van der Waals surface area contributed by atoms with Gasteiger partial charge in [0.1, 0.15) is 11.3 Å². The molecule has 0 bridgehead atoms. The van der Waals surface area contributed by atoms with E-state index in [1.807, 2.05) is 12.3 Å². The number of hydrogen-bond donors (Lipinski definition) is 2. The lowest BCUT2D eigenvalue weighted by Crippen LogP contribution is -2.23. The molecule has 0 spiro atoms. The molecular formula is C15H21N5. The Labute approximate surface area is 118 Å². The highest BCUT2D eigenvalue weighted by Crippen LogP contribution is 2.26. The van der Waals surface area contributed by atoms with Gasteiger partial charge in [-0.1, -0.05) is 0 Å². The van der Waals surface area contributed by atoms with Crippen molar-refractivity contribution in [2.75, 3.05) is 19.6 Å². The van der Waals surface area contributed by atoms with Crippen molar-refractivity contribution >= 4 is 11.2 Å². The van der Waals surface area contributed by atoms with Crippen LogP contribution in [0.3, 0.4) is 0 Å². The number of pyridine rings is 1. The standard InChI is InChI=1S/C15H21N5/c1-3-12-15(18-7-1)20(13-4-2-6-17-13)14(19-12)9-11-5-8-16-10-11/h1,3,7,11,13,16-17H,2,4-6,8-10H2. The summed E-state index contributed by atoms with van der Waals surface area (Å²) in [4.78, 5) is 9.42. The van der Waals surface area contributed by atoms with Crippen LogP contribution in [0.1, 0.15) is 31.3 Å². The molecule has 2 fully saturated rings. The van der Waals surface area contributed by atoms with Gasteiger partial charge < -0.3 is 5.32 Å². The van der Waals surface area contributed by atoms with E-state index >= 15 is 0 Å². The minimum Gasteiger partial charge on any atom is -0.316 e. The van der Waals surface area contributed by atoms with Crippen molar-refractivity contribution < 1.29 is 0 Å². The molecule has 2 aromatic rings. The van der Waals surface area contributed by atoms with E-state index in [-0.39, 0.29) is 0 Å². The molecule has 4 heterocycles. The number of aromatic nitrogens is 3. The predicted octanol–water partition coefficient (Wildman–Crippen LogP) is 1.47. The fourth-order valence-corrected chi connectivity index (χ4v) is 3.48. The molecule has 0 aliphatic carbocycles. The van der Waals surface area contributed by atoms with Crippen LogP contribution < -0.4 is 10.6 Å². The van der Waals surface area contributed by atoms with Gasteiger partial charge in [0.2, 0.25) is 0 Å². The van der Waals surface area contributed by atoms with Crippen LogP contribution in [0.2, 0.25) is 0 Å². The minimum absolute atomic E-state index is 0.374. The normalized spacial score (nSPS) is 26.6. The van der Waals surface area contributed by atoms with Crippen molar-refractivity contribution in [3.05, 3.63) is 24.2 Å². The summed E-state index contributed by atoms with van der Waals surface area (Å²) in [5.41, 5.74) is 2.06. The third-order valence-electron chi connectivity index (χ3n) is 4.50. The summed E-state index contributed by atoms with van der Waals surface area (Å²) in [5, 5.41) is 7.03. The predicted molar refractivity (Wildman–Crippen MR) is 78.5 cm³/mol. The van der Waals surface area contributed by atoms with E-state index in [1.165, 1.54) is 25.1 Å². The van der Waals surface area contributed by atoms with Gasteiger partial charge in [0.15, 0.2) is 5.65 Å². The van der Waals surface area contributed by atoms with Gasteiger partial charge in [-0.05, 0) is 56.9 Å². The highest BCUT2D eigenvalue weighted by molar-refractivity contribution is 5.71. The van der Waals surface area contributed by atoms with Crippen molar-refractivity contribution in [1.82, 2.24) is 25.2 Å². The van der Waals surface area contributed by atoms with E-state index in [2.05, 4.69) is 26.3 Å². The number of hydrogen-bond acceptors (Lipinski definition) is 4. The molecule has 20 heavy (non-hydrogen) atoms. The fourth-order valence-electron chi connectivity index (χ4n) is 3.48. The quantitative estimate of drug-likeness (QED) is 0.887. The Hall–Kier alpha value is -1.46. The second-order valence-corrected chi connectivity index (χ2v) is 5.92. The maximum Gasteiger partial charge on any atom is 0.161 e. The first-order chi connectivity index (χ1) is 9.92. The highest BCUT2D eigenvalue weighted by atomic mass is 15.3. The molecular weight excluding hydrogens is 250 g/mol. The van der Waals surface area contributed by atoms with Crippen molar-refractivity contribution in [3.8, 4) is 0 Å². The average molecular weight is 271 g/mol. The summed E-state index contributed by atoms with van der Waals surface area (Å²) < 4.78 is 2.35. The second-order valence-electron chi connectivity index (χ2n) is 5.92. The van der Waals surface area contributed by atoms with Gasteiger partial charge in [0.05, 0.1) is 6.17 Å². The fraction of sp³-hybridized carbons (Fsp3) is 0.600. The summed E-state index contributed by atoms with van der Waals surface area (Å²) in [5.74, 6) is 1.92. The largest absolute Gasteiger partial charge is 0.316 e.